The molecule has 2 aromatic heterocycles. The lowest BCUT2D eigenvalue weighted by molar-refractivity contribution is -0.117. The smallest absolute Gasteiger partial charge is 0.296 e. The number of para-hydroxylation sites is 1. The lowest BCUT2D eigenvalue weighted by Crippen LogP contribution is -2.31. The number of ketones is 1. The van der Waals surface area contributed by atoms with Crippen LogP contribution in [0.15, 0.2) is 99.0 Å². The summed E-state index contributed by atoms with van der Waals surface area (Å²) in [6.45, 7) is 0. The van der Waals surface area contributed by atoms with Gasteiger partial charge in [0.1, 0.15) is 17.2 Å². The summed E-state index contributed by atoms with van der Waals surface area (Å²) in [6, 6.07) is 18.9. The Morgan fingerprint density at radius 1 is 1.00 bits per heavy atom. The molecule has 5 aromatic rings. The number of benzene rings is 3. The summed E-state index contributed by atoms with van der Waals surface area (Å²) in [7, 11) is 0. The molecule has 39 heavy (non-hydrogen) atoms. The Bertz CT molecular complexity index is 1710. The molecule has 1 aliphatic heterocycles. The molecule has 6 rings (SSSR count). The van der Waals surface area contributed by atoms with Crippen molar-refractivity contribution in [1.29, 1.82) is 0 Å². The molecule has 0 spiro atoms. The summed E-state index contributed by atoms with van der Waals surface area (Å²) in [5.74, 6) is -2.65. The molecule has 3 heterocycles. The number of aromatic nitrogens is 2. The summed E-state index contributed by atoms with van der Waals surface area (Å²) in [5.41, 5.74) is 1.54. The SMILES string of the molecule is O=C(C1=C(O)C(=O)N(c2nnc(SCc3ccc(F)cc3)s2)C1c1ccc(F)cc1)c1cc2ccccc2o1. The number of rotatable bonds is 7. The number of amides is 1. The van der Waals surface area contributed by atoms with Gasteiger partial charge in [-0.1, -0.05) is 65.6 Å². The largest absolute Gasteiger partial charge is 0.503 e. The van der Waals surface area contributed by atoms with Crippen molar-refractivity contribution in [3.05, 3.63) is 119 Å². The van der Waals surface area contributed by atoms with E-state index in [2.05, 4.69) is 10.2 Å². The van der Waals surface area contributed by atoms with Gasteiger partial charge in [-0.15, -0.1) is 10.2 Å². The predicted molar refractivity (Wildman–Crippen MR) is 143 cm³/mol. The second-order valence-electron chi connectivity index (χ2n) is 8.63. The number of halogens is 2. The van der Waals surface area contributed by atoms with E-state index in [-0.39, 0.29) is 22.3 Å². The van der Waals surface area contributed by atoms with Crippen molar-refractivity contribution >= 4 is 50.9 Å². The van der Waals surface area contributed by atoms with Gasteiger partial charge in [-0.3, -0.25) is 14.5 Å². The van der Waals surface area contributed by atoms with Crippen LogP contribution >= 0.6 is 23.1 Å². The Labute approximate surface area is 228 Å². The van der Waals surface area contributed by atoms with Crippen molar-refractivity contribution in [3.63, 3.8) is 0 Å². The third-order valence-corrected chi connectivity index (χ3v) is 8.29. The third kappa shape index (κ3) is 4.70. The zero-order valence-electron chi connectivity index (χ0n) is 19.9. The number of aliphatic hydroxyl groups excluding tert-OH is 1. The van der Waals surface area contributed by atoms with Crippen LogP contribution in [0.1, 0.15) is 27.7 Å². The number of furan rings is 1. The van der Waals surface area contributed by atoms with Gasteiger partial charge < -0.3 is 9.52 Å². The minimum Gasteiger partial charge on any atom is -0.503 e. The van der Waals surface area contributed by atoms with E-state index in [0.717, 1.165) is 16.9 Å². The van der Waals surface area contributed by atoms with Crippen molar-refractivity contribution in [3.8, 4) is 0 Å². The highest BCUT2D eigenvalue weighted by atomic mass is 32.2. The van der Waals surface area contributed by atoms with Crippen LogP contribution in [0.3, 0.4) is 0 Å². The number of hydrogen-bond acceptors (Lipinski definition) is 8. The molecule has 1 unspecified atom stereocenters. The van der Waals surface area contributed by atoms with E-state index in [1.165, 1.54) is 53.1 Å². The van der Waals surface area contributed by atoms with E-state index in [9.17, 15) is 23.5 Å². The monoisotopic (exact) mass is 561 g/mol. The van der Waals surface area contributed by atoms with Crippen LogP contribution in [-0.4, -0.2) is 27.0 Å². The lowest BCUT2D eigenvalue weighted by Gasteiger charge is -2.23. The van der Waals surface area contributed by atoms with Gasteiger partial charge in [0.05, 0.1) is 11.6 Å². The maximum atomic E-state index is 13.8. The zero-order chi connectivity index (χ0) is 27.1. The molecule has 1 N–H and O–H groups in total. The number of nitrogens with zero attached hydrogens (tertiary/aromatic N) is 3. The number of anilines is 1. The first kappa shape index (κ1) is 25.0. The summed E-state index contributed by atoms with van der Waals surface area (Å²) >= 11 is 2.44. The maximum absolute atomic E-state index is 13.8. The normalized spacial score (nSPS) is 15.5. The highest BCUT2D eigenvalue weighted by Gasteiger charge is 2.46. The van der Waals surface area contributed by atoms with E-state index >= 15 is 0 Å². The van der Waals surface area contributed by atoms with Gasteiger partial charge in [0.15, 0.2) is 15.9 Å². The average Bonchev–Trinajstić information content (AvgIpc) is 3.65. The standard InChI is InChI=1S/C28H17F2N3O4S2/c29-18-9-5-15(6-10-18)14-38-28-32-31-27(39-28)33-23(16-7-11-19(30)12-8-16)22(25(35)26(33)36)24(34)21-13-17-3-1-2-4-20(17)37-21/h1-13,23,35H,14H2. The first-order chi connectivity index (χ1) is 18.9. The highest BCUT2D eigenvalue weighted by molar-refractivity contribution is 8.00. The molecule has 0 bridgehead atoms. The molecule has 0 fully saturated rings. The zero-order valence-corrected chi connectivity index (χ0v) is 21.5. The Morgan fingerprint density at radius 3 is 2.41 bits per heavy atom. The van der Waals surface area contributed by atoms with Gasteiger partial charge in [-0.2, -0.15) is 0 Å². The van der Waals surface area contributed by atoms with Gasteiger partial charge in [0.2, 0.25) is 10.9 Å². The molecule has 0 saturated heterocycles. The molecule has 1 atom stereocenters. The van der Waals surface area contributed by atoms with Gasteiger partial charge in [-0.25, -0.2) is 8.78 Å². The van der Waals surface area contributed by atoms with E-state index in [4.69, 9.17) is 4.42 Å². The van der Waals surface area contributed by atoms with E-state index in [1.54, 1.807) is 42.5 Å². The van der Waals surface area contributed by atoms with Crippen molar-refractivity contribution in [2.45, 2.75) is 16.1 Å². The molecule has 11 heteroatoms. The first-order valence-electron chi connectivity index (χ1n) is 11.7. The fourth-order valence-corrected chi connectivity index (χ4v) is 6.13. The van der Waals surface area contributed by atoms with Crippen molar-refractivity contribution < 1.29 is 27.9 Å². The number of carbonyl (C=O) groups excluding carboxylic acids is 2. The highest BCUT2D eigenvalue weighted by Crippen LogP contribution is 2.44. The van der Waals surface area contributed by atoms with E-state index in [1.807, 2.05) is 0 Å². The van der Waals surface area contributed by atoms with E-state index in [0.29, 0.717) is 26.6 Å². The molecule has 0 saturated carbocycles. The molecular formula is C28H17F2N3O4S2. The molecule has 1 amide bonds. The molecule has 7 nitrogen and oxygen atoms in total. The third-order valence-electron chi connectivity index (χ3n) is 6.17. The molecule has 0 radical (unpaired) electrons. The first-order valence-corrected chi connectivity index (χ1v) is 13.5. The molecular weight excluding hydrogens is 544 g/mol. The second-order valence-corrected chi connectivity index (χ2v) is 10.8. The number of aliphatic hydroxyl groups is 1. The Morgan fingerprint density at radius 2 is 1.69 bits per heavy atom. The van der Waals surface area contributed by atoms with Crippen molar-refractivity contribution in [2.75, 3.05) is 4.90 Å². The fourth-order valence-electron chi connectivity index (χ4n) is 4.31. The quantitative estimate of drug-likeness (QED) is 0.135. The second kappa shape index (κ2) is 10.1. The minimum absolute atomic E-state index is 0.0488. The Kier molecular flexibility index (Phi) is 6.45. The Hall–Kier alpha value is -4.35. The number of thioether (sulfide) groups is 1. The van der Waals surface area contributed by atoms with Gasteiger partial charge in [-0.05, 0) is 47.5 Å². The summed E-state index contributed by atoms with van der Waals surface area (Å²) in [5, 5.41) is 20.1. The number of Topliss-reactive ketones (excluding diaryl/α,β-unsaturated/α-hetero) is 1. The lowest BCUT2D eigenvalue weighted by atomic mass is 9.95. The van der Waals surface area contributed by atoms with Crippen LogP contribution in [0.25, 0.3) is 11.0 Å². The summed E-state index contributed by atoms with van der Waals surface area (Å²) in [4.78, 5) is 28.2. The molecule has 1 aliphatic rings. The fraction of sp³-hybridized carbons (Fsp3) is 0.0714. The van der Waals surface area contributed by atoms with Crippen LogP contribution in [0.2, 0.25) is 0 Å². The predicted octanol–water partition coefficient (Wildman–Crippen LogP) is 6.64. The van der Waals surface area contributed by atoms with Crippen LogP contribution < -0.4 is 4.90 Å². The topological polar surface area (TPSA) is 96.5 Å². The molecule has 194 valence electrons. The van der Waals surface area contributed by atoms with E-state index < -0.39 is 29.3 Å². The Balaban J connectivity index is 1.35. The van der Waals surface area contributed by atoms with Crippen LogP contribution in [-0.2, 0) is 10.5 Å². The number of fused-ring (bicyclic) bond motifs is 1. The van der Waals surface area contributed by atoms with Crippen LogP contribution in [0, 0.1) is 11.6 Å². The molecule has 3 aromatic carbocycles. The molecule has 0 aliphatic carbocycles. The van der Waals surface area contributed by atoms with Gasteiger partial charge in [0.25, 0.3) is 5.91 Å². The average molecular weight is 562 g/mol. The van der Waals surface area contributed by atoms with Gasteiger partial charge in [0, 0.05) is 11.1 Å². The van der Waals surface area contributed by atoms with Crippen molar-refractivity contribution in [2.24, 2.45) is 0 Å². The van der Waals surface area contributed by atoms with Crippen LogP contribution in [0.5, 0.6) is 0 Å². The van der Waals surface area contributed by atoms with Crippen LogP contribution in [0.4, 0.5) is 13.9 Å². The minimum atomic E-state index is -1.10. The maximum Gasteiger partial charge on any atom is 0.296 e. The number of carbonyl (C=O) groups is 2. The number of hydrogen-bond donors (Lipinski definition) is 1. The summed E-state index contributed by atoms with van der Waals surface area (Å²) < 4.78 is 33.2. The van der Waals surface area contributed by atoms with Crippen molar-refractivity contribution in [1.82, 2.24) is 10.2 Å². The van der Waals surface area contributed by atoms with Gasteiger partial charge >= 0.3 is 0 Å². The summed E-state index contributed by atoms with van der Waals surface area (Å²) in [6.07, 6.45) is 0.